The van der Waals surface area contributed by atoms with Crippen LogP contribution in [0.5, 0.6) is 5.75 Å². The highest BCUT2D eigenvalue weighted by Crippen LogP contribution is 2.38. The van der Waals surface area contributed by atoms with Crippen molar-refractivity contribution >= 4 is 12.1 Å². The number of hydrazone groups is 1. The van der Waals surface area contributed by atoms with Crippen LogP contribution in [-0.2, 0) is 4.79 Å². The molecule has 0 saturated heterocycles. The molecular weight excluding hydrogens is 296 g/mol. The lowest BCUT2D eigenvalue weighted by molar-refractivity contribution is -0.302. The van der Waals surface area contributed by atoms with Crippen molar-refractivity contribution in [2.24, 2.45) is 5.10 Å². The summed E-state index contributed by atoms with van der Waals surface area (Å²) in [4.78, 5) is 11.7. The first kappa shape index (κ1) is 15.2. The third-order valence-electron chi connectivity index (χ3n) is 2.79. The predicted octanol–water partition coefficient (Wildman–Crippen LogP) is 1.67. The molecule has 0 bridgehead atoms. The van der Waals surface area contributed by atoms with Gasteiger partial charge in [0.1, 0.15) is 11.6 Å². The maximum Gasteiger partial charge on any atom is 0.438 e. The Hall–Kier alpha value is -2.16. The van der Waals surface area contributed by atoms with E-state index in [4.69, 9.17) is 4.74 Å². The van der Waals surface area contributed by atoms with Crippen LogP contribution >= 0.6 is 0 Å². The molecule has 1 aromatic carbocycles. The predicted molar refractivity (Wildman–Crippen MR) is 62.9 cm³/mol. The first-order chi connectivity index (χ1) is 9.74. The Bertz CT molecular complexity index is 559. The van der Waals surface area contributed by atoms with E-state index in [1.807, 2.05) is 0 Å². The third kappa shape index (κ3) is 2.97. The summed E-state index contributed by atoms with van der Waals surface area (Å²) in [6, 6.07) is 4.57. The molecule has 1 N–H and O–H groups in total. The third-order valence-corrected chi connectivity index (χ3v) is 2.79. The van der Waals surface area contributed by atoms with Crippen molar-refractivity contribution in [2.45, 2.75) is 18.3 Å². The normalized spacial score (nSPS) is 21.7. The summed E-state index contributed by atoms with van der Waals surface area (Å²) in [6.45, 7) is -0.776. The second-order valence-electron chi connectivity index (χ2n) is 4.26. The fraction of sp³-hybridized carbons (Fsp3) is 0.333. The van der Waals surface area contributed by atoms with E-state index >= 15 is 0 Å². The molecule has 2 rings (SSSR count). The highest BCUT2D eigenvalue weighted by Gasteiger charge is 2.61. The smallest absolute Gasteiger partial charge is 0.438 e. The Kier molecular flexibility index (Phi) is 3.86. The maximum atomic E-state index is 12.8. The molecule has 5 nitrogen and oxygen atoms in total. The van der Waals surface area contributed by atoms with Gasteiger partial charge in [-0.15, -0.1) is 0 Å². The molecule has 1 aliphatic rings. The second-order valence-corrected chi connectivity index (χ2v) is 4.26. The first-order valence-corrected chi connectivity index (χ1v) is 5.77. The van der Waals surface area contributed by atoms with Crippen LogP contribution in [-0.4, -0.2) is 40.7 Å². The van der Waals surface area contributed by atoms with E-state index in [-0.39, 0.29) is 10.8 Å². The highest BCUT2D eigenvalue weighted by molar-refractivity contribution is 5.81. The van der Waals surface area contributed by atoms with E-state index in [9.17, 15) is 27.5 Å². The van der Waals surface area contributed by atoms with Crippen molar-refractivity contribution < 1.29 is 32.2 Å². The summed E-state index contributed by atoms with van der Waals surface area (Å²) in [5.41, 5.74) is -3.36. The molecule has 0 aromatic heterocycles. The van der Waals surface area contributed by atoms with E-state index in [0.29, 0.717) is 0 Å². The largest absolute Gasteiger partial charge is 0.484 e. The molecule has 0 spiro atoms. The van der Waals surface area contributed by atoms with Crippen molar-refractivity contribution in [1.29, 1.82) is 0 Å². The quantitative estimate of drug-likeness (QED) is 0.864. The number of amides is 1. The minimum absolute atomic E-state index is 0.0590. The second kappa shape index (κ2) is 5.32. The Morgan fingerprint density at radius 1 is 1.38 bits per heavy atom. The zero-order chi connectivity index (χ0) is 15.7. The van der Waals surface area contributed by atoms with Gasteiger partial charge in [0.25, 0.3) is 11.6 Å². The van der Waals surface area contributed by atoms with Gasteiger partial charge in [-0.05, 0) is 24.3 Å². The number of hydrogen-bond donors (Lipinski definition) is 1. The number of aliphatic hydroxyl groups is 1. The van der Waals surface area contributed by atoms with Crippen molar-refractivity contribution in [3.63, 3.8) is 0 Å². The summed E-state index contributed by atoms with van der Waals surface area (Å²) >= 11 is 0. The summed E-state index contributed by atoms with van der Waals surface area (Å²) in [6.07, 6.45) is -5.10. The fourth-order valence-electron chi connectivity index (χ4n) is 1.68. The molecule has 9 heteroatoms. The van der Waals surface area contributed by atoms with Crippen LogP contribution < -0.4 is 4.74 Å². The minimum atomic E-state index is -5.05. The van der Waals surface area contributed by atoms with Gasteiger partial charge in [-0.2, -0.15) is 23.3 Å². The van der Waals surface area contributed by atoms with E-state index in [1.165, 1.54) is 12.1 Å². The molecule has 0 saturated carbocycles. The average Bonchev–Trinajstić information content (AvgIpc) is 2.81. The topological polar surface area (TPSA) is 62.1 Å². The van der Waals surface area contributed by atoms with Crippen LogP contribution in [0.4, 0.5) is 17.6 Å². The lowest BCUT2D eigenvalue weighted by Gasteiger charge is -2.32. The fourth-order valence-corrected chi connectivity index (χ4v) is 1.68. The number of nitrogens with zero attached hydrogens (tertiary/aromatic N) is 2. The van der Waals surface area contributed by atoms with Crippen LogP contribution in [0.2, 0.25) is 0 Å². The van der Waals surface area contributed by atoms with Gasteiger partial charge >= 0.3 is 6.18 Å². The van der Waals surface area contributed by atoms with Gasteiger partial charge in [0, 0.05) is 12.6 Å². The Morgan fingerprint density at radius 3 is 2.57 bits per heavy atom. The van der Waals surface area contributed by atoms with Gasteiger partial charge in [0.2, 0.25) is 0 Å². The number of benzene rings is 1. The molecule has 1 aromatic rings. The monoisotopic (exact) mass is 306 g/mol. The standard InChI is InChI=1S/C12H10F4N2O3/c13-8-1-3-9(4-2-8)21-7-10(19)18-11(20,5-6-17-18)12(14,15)16/h1-4,6,20H,5,7H2. The SMILES string of the molecule is O=C(COc1ccc(F)cc1)N1N=CCC1(O)C(F)(F)F. The average molecular weight is 306 g/mol. The Morgan fingerprint density at radius 2 is 2.00 bits per heavy atom. The number of alkyl halides is 3. The molecule has 1 atom stereocenters. The first-order valence-electron chi connectivity index (χ1n) is 5.77. The minimum Gasteiger partial charge on any atom is -0.484 e. The molecule has 1 unspecified atom stereocenters. The summed E-state index contributed by atoms with van der Waals surface area (Å²) in [7, 11) is 0. The van der Waals surface area contributed by atoms with Crippen molar-refractivity contribution in [3.8, 4) is 5.75 Å². The number of carbonyl (C=O) groups excluding carboxylic acids is 1. The molecule has 0 aliphatic carbocycles. The molecule has 0 fully saturated rings. The molecule has 1 heterocycles. The zero-order valence-corrected chi connectivity index (χ0v) is 10.5. The van der Waals surface area contributed by atoms with Crippen LogP contribution in [0.25, 0.3) is 0 Å². The van der Waals surface area contributed by atoms with Gasteiger partial charge in [-0.3, -0.25) is 4.79 Å². The molecule has 1 aliphatic heterocycles. The van der Waals surface area contributed by atoms with Gasteiger partial charge in [0.05, 0.1) is 0 Å². The van der Waals surface area contributed by atoms with Crippen molar-refractivity contribution in [1.82, 2.24) is 5.01 Å². The van der Waals surface area contributed by atoms with Crippen LogP contribution in [0, 0.1) is 5.82 Å². The Labute approximate surface area is 116 Å². The van der Waals surface area contributed by atoms with Crippen molar-refractivity contribution in [2.75, 3.05) is 6.61 Å². The maximum absolute atomic E-state index is 12.8. The summed E-state index contributed by atoms with van der Waals surface area (Å²) in [5.74, 6) is -1.60. The molecule has 1 amide bonds. The number of halogens is 4. The van der Waals surface area contributed by atoms with Crippen LogP contribution in [0.1, 0.15) is 6.42 Å². The van der Waals surface area contributed by atoms with E-state index in [1.54, 1.807) is 0 Å². The zero-order valence-electron chi connectivity index (χ0n) is 10.5. The van der Waals surface area contributed by atoms with Gasteiger partial charge < -0.3 is 9.84 Å². The molecule has 114 valence electrons. The Balaban J connectivity index is 2.03. The highest BCUT2D eigenvalue weighted by atomic mass is 19.4. The molecular formula is C12H10F4N2O3. The lowest BCUT2D eigenvalue weighted by atomic mass is 10.1. The van der Waals surface area contributed by atoms with E-state index in [2.05, 4.69) is 5.10 Å². The molecule has 0 radical (unpaired) electrons. The summed E-state index contributed by atoms with van der Waals surface area (Å²) < 4.78 is 55.9. The van der Waals surface area contributed by atoms with Crippen LogP contribution in [0.15, 0.2) is 29.4 Å². The number of carbonyl (C=O) groups is 1. The number of ether oxygens (including phenoxy) is 1. The van der Waals surface area contributed by atoms with E-state index < -0.39 is 36.7 Å². The number of rotatable bonds is 3. The summed E-state index contributed by atoms with van der Waals surface area (Å²) in [5, 5.41) is 12.7. The van der Waals surface area contributed by atoms with Gasteiger partial charge in [-0.1, -0.05) is 0 Å². The van der Waals surface area contributed by atoms with Gasteiger partial charge in [-0.25, -0.2) is 4.39 Å². The van der Waals surface area contributed by atoms with E-state index in [0.717, 1.165) is 18.3 Å². The van der Waals surface area contributed by atoms with Gasteiger partial charge in [0.15, 0.2) is 6.61 Å². The lowest BCUT2D eigenvalue weighted by Crippen LogP contribution is -2.57. The van der Waals surface area contributed by atoms with Crippen molar-refractivity contribution in [3.05, 3.63) is 30.1 Å². The van der Waals surface area contributed by atoms with Crippen LogP contribution in [0.3, 0.4) is 0 Å². The number of hydrogen-bond acceptors (Lipinski definition) is 4. The molecule has 21 heavy (non-hydrogen) atoms.